The van der Waals surface area contributed by atoms with E-state index < -0.39 is 0 Å². The highest BCUT2D eigenvalue weighted by Crippen LogP contribution is 2.23. The van der Waals surface area contributed by atoms with Crippen molar-refractivity contribution in [3.63, 3.8) is 0 Å². The van der Waals surface area contributed by atoms with E-state index in [1.54, 1.807) is 12.2 Å². The Bertz CT molecular complexity index is 664. The Hall–Kier alpha value is -1.87. The van der Waals surface area contributed by atoms with Gasteiger partial charge in [0, 0.05) is 16.2 Å². The van der Waals surface area contributed by atoms with Crippen LogP contribution in [-0.4, -0.2) is 5.91 Å². The zero-order chi connectivity index (χ0) is 16.2. The number of halogens is 1. The summed E-state index contributed by atoms with van der Waals surface area (Å²) in [5, 5.41) is 2.87. The standard InChI is InChI=1S/C19H20BrNO/c1-19(2,3)15-7-11-17(12-8-15)21-18(22)13-6-14-4-9-16(20)10-5-14/h4-13H,1-3H3,(H,21,22)/b13-6+. The summed E-state index contributed by atoms with van der Waals surface area (Å²) in [6, 6.07) is 15.8. The van der Waals surface area contributed by atoms with Gasteiger partial charge in [0.2, 0.25) is 5.91 Å². The monoisotopic (exact) mass is 357 g/mol. The number of carbonyl (C=O) groups is 1. The fraction of sp³-hybridized carbons (Fsp3) is 0.211. The lowest BCUT2D eigenvalue weighted by Crippen LogP contribution is -2.12. The number of carbonyl (C=O) groups excluding carboxylic acids is 1. The fourth-order valence-corrected chi connectivity index (χ4v) is 2.25. The Morgan fingerprint density at radius 3 is 2.14 bits per heavy atom. The Morgan fingerprint density at radius 2 is 1.59 bits per heavy atom. The summed E-state index contributed by atoms with van der Waals surface area (Å²) in [6.07, 6.45) is 3.34. The van der Waals surface area contributed by atoms with Gasteiger partial charge in [0.05, 0.1) is 0 Å². The maximum atomic E-state index is 11.9. The molecule has 0 aliphatic heterocycles. The molecule has 0 fully saturated rings. The third-order valence-corrected chi connectivity index (χ3v) is 3.84. The topological polar surface area (TPSA) is 29.1 Å². The number of amides is 1. The molecule has 3 heteroatoms. The summed E-state index contributed by atoms with van der Waals surface area (Å²) in [5.41, 5.74) is 3.15. The second kappa shape index (κ2) is 6.93. The molecule has 2 rings (SSSR count). The zero-order valence-electron chi connectivity index (χ0n) is 13.1. The average Bonchev–Trinajstić information content (AvgIpc) is 2.46. The first-order valence-electron chi connectivity index (χ1n) is 7.20. The molecular formula is C19H20BrNO. The number of hydrogen-bond acceptors (Lipinski definition) is 1. The highest BCUT2D eigenvalue weighted by Gasteiger charge is 2.12. The first kappa shape index (κ1) is 16.5. The van der Waals surface area contributed by atoms with Crippen LogP contribution in [0.3, 0.4) is 0 Å². The summed E-state index contributed by atoms with van der Waals surface area (Å²) in [4.78, 5) is 11.9. The normalized spacial score (nSPS) is 11.6. The number of hydrogen-bond donors (Lipinski definition) is 1. The quantitative estimate of drug-likeness (QED) is 0.732. The molecular weight excluding hydrogens is 338 g/mol. The van der Waals surface area contributed by atoms with Gasteiger partial charge < -0.3 is 5.32 Å². The van der Waals surface area contributed by atoms with Crippen molar-refractivity contribution >= 4 is 33.6 Å². The van der Waals surface area contributed by atoms with Crippen LogP contribution < -0.4 is 5.32 Å². The van der Waals surface area contributed by atoms with E-state index in [1.807, 2.05) is 48.5 Å². The largest absolute Gasteiger partial charge is 0.323 e. The maximum Gasteiger partial charge on any atom is 0.248 e. The van der Waals surface area contributed by atoms with E-state index in [1.165, 1.54) is 5.56 Å². The van der Waals surface area contributed by atoms with E-state index >= 15 is 0 Å². The van der Waals surface area contributed by atoms with Crippen LogP contribution in [0, 0.1) is 0 Å². The lowest BCUT2D eigenvalue weighted by atomic mass is 9.87. The minimum atomic E-state index is -0.133. The van der Waals surface area contributed by atoms with Crippen LogP contribution in [0.25, 0.3) is 6.08 Å². The van der Waals surface area contributed by atoms with Gasteiger partial charge in [-0.15, -0.1) is 0 Å². The van der Waals surface area contributed by atoms with Gasteiger partial charge in [-0.2, -0.15) is 0 Å². The van der Waals surface area contributed by atoms with Crippen molar-refractivity contribution in [1.82, 2.24) is 0 Å². The van der Waals surface area contributed by atoms with E-state index in [0.717, 1.165) is 15.7 Å². The van der Waals surface area contributed by atoms with E-state index in [4.69, 9.17) is 0 Å². The Morgan fingerprint density at radius 1 is 1.00 bits per heavy atom. The summed E-state index contributed by atoms with van der Waals surface area (Å²) in [6.45, 7) is 6.50. The molecule has 114 valence electrons. The molecule has 0 aliphatic carbocycles. The lowest BCUT2D eigenvalue weighted by Gasteiger charge is -2.19. The average molecular weight is 358 g/mol. The van der Waals surface area contributed by atoms with Crippen LogP contribution >= 0.6 is 15.9 Å². The van der Waals surface area contributed by atoms with E-state index in [0.29, 0.717) is 0 Å². The minimum absolute atomic E-state index is 0.115. The Labute approximate surface area is 140 Å². The summed E-state index contributed by atoms with van der Waals surface area (Å²) in [5.74, 6) is -0.133. The molecule has 0 spiro atoms. The molecule has 2 aromatic carbocycles. The van der Waals surface area contributed by atoms with Crippen LogP contribution in [0.5, 0.6) is 0 Å². The smallest absolute Gasteiger partial charge is 0.248 e. The van der Waals surface area contributed by atoms with Gasteiger partial charge in [0.1, 0.15) is 0 Å². The zero-order valence-corrected chi connectivity index (χ0v) is 14.6. The maximum absolute atomic E-state index is 11.9. The number of benzene rings is 2. The van der Waals surface area contributed by atoms with Gasteiger partial charge >= 0.3 is 0 Å². The van der Waals surface area contributed by atoms with Crippen LogP contribution in [0.15, 0.2) is 59.1 Å². The highest BCUT2D eigenvalue weighted by molar-refractivity contribution is 9.10. The molecule has 22 heavy (non-hydrogen) atoms. The summed E-state index contributed by atoms with van der Waals surface area (Å²) < 4.78 is 1.02. The highest BCUT2D eigenvalue weighted by atomic mass is 79.9. The second-order valence-corrected chi connectivity index (χ2v) is 7.12. The van der Waals surface area contributed by atoms with Gasteiger partial charge in [0.25, 0.3) is 0 Å². The van der Waals surface area contributed by atoms with Crippen molar-refractivity contribution in [2.24, 2.45) is 0 Å². The molecule has 0 aromatic heterocycles. The molecule has 1 N–H and O–H groups in total. The molecule has 0 saturated heterocycles. The van der Waals surface area contributed by atoms with Crippen molar-refractivity contribution < 1.29 is 4.79 Å². The van der Waals surface area contributed by atoms with Gasteiger partial charge in [-0.05, 0) is 46.9 Å². The van der Waals surface area contributed by atoms with Crippen LogP contribution in [0.2, 0.25) is 0 Å². The van der Waals surface area contributed by atoms with E-state index in [-0.39, 0.29) is 11.3 Å². The molecule has 2 nitrogen and oxygen atoms in total. The molecule has 1 amide bonds. The Balaban J connectivity index is 1.98. The molecule has 0 aliphatic rings. The number of anilines is 1. The molecule has 0 heterocycles. The summed E-state index contributed by atoms with van der Waals surface area (Å²) in [7, 11) is 0. The third kappa shape index (κ3) is 4.85. The Kier molecular flexibility index (Phi) is 5.19. The molecule has 0 atom stereocenters. The molecule has 0 saturated carbocycles. The van der Waals surface area contributed by atoms with Crippen LogP contribution in [0.4, 0.5) is 5.69 Å². The van der Waals surface area contributed by atoms with Gasteiger partial charge in [-0.3, -0.25) is 4.79 Å². The van der Waals surface area contributed by atoms with Gasteiger partial charge in [-0.1, -0.05) is 61.0 Å². The number of rotatable bonds is 3. The summed E-state index contributed by atoms with van der Waals surface area (Å²) >= 11 is 3.39. The van der Waals surface area contributed by atoms with Crippen molar-refractivity contribution in [3.8, 4) is 0 Å². The minimum Gasteiger partial charge on any atom is -0.323 e. The predicted octanol–water partition coefficient (Wildman–Crippen LogP) is 5.40. The SMILES string of the molecule is CC(C)(C)c1ccc(NC(=O)/C=C/c2ccc(Br)cc2)cc1. The van der Waals surface area contributed by atoms with Crippen molar-refractivity contribution in [3.05, 3.63) is 70.2 Å². The third-order valence-electron chi connectivity index (χ3n) is 3.32. The lowest BCUT2D eigenvalue weighted by molar-refractivity contribution is -0.111. The van der Waals surface area contributed by atoms with E-state index in [2.05, 4.69) is 42.0 Å². The first-order valence-corrected chi connectivity index (χ1v) is 7.99. The number of nitrogens with one attached hydrogen (secondary N) is 1. The molecule has 0 radical (unpaired) electrons. The van der Waals surface area contributed by atoms with Crippen molar-refractivity contribution in [2.75, 3.05) is 5.32 Å². The molecule has 2 aromatic rings. The fourth-order valence-electron chi connectivity index (χ4n) is 1.98. The van der Waals surface area contributed by atoms with Crippen molar-refractivity contribution in [1.29, 1.82) is 0 Å². The van der Waals surface area contributed by atoms with Gasteiger partial charge in [-0.25, -0.2) is 0 Å². The molecule has 0 unspecified atom stereocenters. The first-order chi connectivity index (χ1) is 10.3. The predicted molar refractivity (Wildman–Crippen MR) is 96.9 cm³/mol. The van der Waals surface area contributed by atoms with Gasteiger partial charge in [0.15, 0.2) is 0 Å². The van der Waals surface area contributed by atoms with Crippen LogP contribution in [-0.2, 0) is 10.2 Å². The molecule has 0 bridgehead atoms. The van der Waals surface area contributed by atoms with Crippen molar-refractivity contribution in [2.45, 2.75) is 26.2 Å². The van der Waals surface area contributed by atoms with E-state index in [9.17, 15) is 4.79 Å². The second-order valence-electron chi connectivity index (χ2n) is 6.20. The van der Waals surface area contributed by atoms with Crippen LogP contribution in [0.1, 0.15) is 31.9 Å².